The predicted molar refractivity (Wildman–Crippen MR) is 455 cm³/mol. The second kappa shape index (κ2) is 38.8. The first-order valence-corrected chi connectivity index (χ1v) is 39.9. The maximum Gasteiger partial charge on any atom is 0.410 e. The fourth-order valence-corrected chi connectivity index (χ4v) is 13.6. The van der Waals surface area contributed by atoms with Crippen LogP contribution in [0, 0.1) is 38.9 Å². The van der Waals surface area contributed by atoms with Crippen molar-refractivity contribution in [3.8, 4) is 28.4 Å². The van der Waals surface area contributed by atoms with E-state index in [1.807, 2.05) is 170 Å². The average Bonchev–Trinajstić information content (AvgIpc) is 1.19. The largest absolute Gasteiger partial charge is 0.444 e. The van der Waals surface area contributed by atoms with Gasteiger partial charge >= 0.3 is 12.2 Å². The van der Waals surface area contributed by atoms with Crippen molar-refractivity contribution in [3.05, 3.63) is 198 Å². The van der Waals surface area contributed by atoms with Crippen LogP contribution in [-0.4, -0.2) is 174 Å². The molecule has 0 aliphatic carbocycles. The molecule has 7 aromatic heterocycles. The number of benzene rings is 6. The number of nitriles is 1. The molecule has 33 heteroatoms. The van der Waals surface area contributed by atoms with Gasteiger partial charge in [0, 0.05) is 181 Å². The van der Waals surface area contributed by atoms with Crippen LogP contribution in [0.5, 0.6) is 0 Å². The molecule has 112 heavy (non-hydrogen) atoms. The summed E-state index contributed by atoms with van der Waals surface area (Å²) in [6, 6.07) is 34.2. The Hall–Kier alpha value is -10.3. The molecule has 13 aromatic rings. The highest BCUT2D eigenvalue weighted by molar-refractivity contribution is 14.1. The predicted octanol–water partition coefficient (Wildman–Crippen LogP) is 17.4. The van der Waals surface area contributed by atoms with Crippen LogP contribution in [-0.2, 0) is 9.47 Å². The van der Waals surface area contributed by atoms with E-state index in [-0.39, 0.29) is 17.7 Å². The molecule has 3 atom stereocenters. The molecule has 2 amide bonds. The zero-order valence-corrected chi connectivity index (χ0v) is 70.4. The number of ether oxygens (including phenoxy) is 2. The van der Waals surface area contributed by atoms with Crippen LogP contribution in [0.2, 0.25) is 0 Å². The lowest BCUT2D eigenvalue weighted by Crippen LogP contribution is -2.35. The summed E-state index contributed by atoms with van der Waals surface area (Å²) in [5, 5.41) is 37.5. The number of amides is 2. The highest BCUT2D eigenvalue weighted by atomic mass is 127. The lowest BCUT2D eigenvalue weighted by molar-refractivity contribution is 0.0278. The van der Waals surface area contributed by atoms with Gasteiger partial charge in [0.15, 0.2) is 16.3 Å². The molecule has 3 saturated heterocycles. The number of nitrogen functional groups attached to an aromatic ring is 1. The molecule has 0 unspecified atom stereocenters. The van der Waals surface area contributed by atoms with Gasteiger partial charge in [0.05, 0.1) is 45.5 Å². The van der Waals surface area contributed by atoms with Crippen molar-refractivity contribution in [1.29, 1.82) is 5.26 Å². The zero-order valence-electron chi connectivity index (χ0n) is 61.9. The molecule has 0 radical (unpaired) electrons. The summed E-state index contributed by atoms with van der Waals surface area (Å²) >= 11 is 15.4. The lowest BCUT2D eigenvalue weighted by Gasteiger charge is -2.24. The number of nitrogens with one attached hydrogen (secondary N) is 5. The maximum absolute atomic E-state index is 12.6. The van der Waals surface area contributed by atoms with Crippen LogP contribution in [0.4, 0.5) is 37.8 Å². The first-order chi connectivity index (χ1) is 53.7. The van der Waals surface area contributed by atoms with Crippen LogP contribution in [0.25, 0.3) is 76.8 Å². The molecule has 0 bridgehead atoms. The third-order valence-corrected chi connectivity index (χ3v) is 20.0. The summed E-state index contributed by atoms with van der Waals surface area (Å²) in [6.07, 6.45) is 21.5. The zero-order chi connectivity index (χ0) is 79.5. The molecule has 0 saturated carbocycles. The van der Waals surface area contributed by atoms with E-state index < -0.39 is 17.0 Å². The number of H-pyrrole nitrogens is 2. The van der Waals surface area contributed by atoms with Gasteiger partial charge < -0.3 is 45.9 Å². The van der Waals surface area contributed by atoms with Gasteiger partial charge in [-0.2, -0.15) is 15.5 Å². The Kier molecular flexibility index (Phi) is 28.6. The van der Waals surface area contributed by atoms with Gasteiger partial charge in [-0.3, -0.25) is 15.0 Å². The average molecular weight is 1880 g/mol. The monoisotopic (exact) mass is 1880 g/mol. The molecule has 16 rings (SSSR count). The number of aromatic amines is 2. The molecule has 10 heterocycles. The molecule has 0 spiro atoms. The second-order valence-electron chi connectivity index (χ2n) is 28.4. The van der Waals surface area contributed by atoms with Gasteiger partial charge in [0.1, 0.15) is 17.0 Å². The molecule has 3 aliphatic rings. The van der Waals surface area contributed by atoms with Crippen molar-refractivity contribution in [2.45, 2.75) is 72.0 Å². The topological polar surface area (TPSA) is 352 Å². The number of carbonyl (C=O) groups is 3. The standard InChI is InChI=1S/C21H26N6O2.C18H23BrN4O2.C17H17N7.C8H4BrIN2.C8H6BrN3.C7H4BrFO/c1-21(2,3)29-20(28)27-7-6-14(13-27)9-22-19-23-10-16-5-4-15(8-18(16)26-19)17-11-24-25-12-17;1-18(2,3)25-17(24)23-7-6-12(11-23)9-20-16-21-10-13-4-5-14(19)8-15(13)22-16;18-11-24-4-3-12(10-24)6-19-17-20-7-14-2-1-13(5-16(14)23-17)15-8-21-22-9-15;2*9-6-2-1-5-4-11-8(10)12-7(5)3-6;8-6-2-1-5(4-10)7(9)3-6/h4-5,8,10-12,14H,6-7,9,13H2,1-3H3,(H,24,25)(H,22,23,26);4-5,8,10,12H,6-7,9,11H2,1-3H3,(H,20,21,22);1-2,5,7-9,12H,3-4,6,10H2,(H,21,22)(H,19,20,23);1-4H;1-4H,(H2,10,11,12);1-4H/t14-;2*12-;;;/m111.../s1. The van der Waals surface area contributed by atoms with Gasteiger partial charge in [0.2, 0.25) is 23.8 Å². The molecule has 6 aromatic carbocycles. The number of nitrogens with two attached hydrogens (primary N) is 1. The molecule has 7 N–H and O–H groups in total. The Labute approximate surface area is 692 Å². The molecule has 3 aliphatic heterocycles. The van der Waals surface area contributed by atoms with Crippen molar-refractivity contribution in [1.82, 2.24) is 84.9 Å². The fourth-order valence-electron chi connectivity index (χ4n) is 11.8. The van der Waals surface area contributed by atoms with Crippen LogP contribution in [0.3, 0.4) is 0 Å². The van der Waals surface area contributed by atoms with Crippen LogP contribution in [0.15, 0.2) is 183 Å². The van der Waals surface area contributed by atoms with Crippen molar-refractivity contribution < 1.29 is 28.2 Å². The van der Waals surface area contributed by atoms with Gasteiger partial charge in [-0.05, 0) is 156 Å². The summed E-state index contributed by atoms with van der Waals surface area (Å²) in [7, 11) is 0. The third kappa shape index (κ3) is 24.6. The number of fused-ring (bicyclic) bond motifs is 5. The van der Waals surface area contributed by atoms with E-state index in [4.69, 9.17) is 20.5 Å². The number of rotatable bonds is 12. The number of hydrogen-bond donors (Lipinski definition) is 6. The number of aldehydes is 1. The van der Waals surface area contributed by atoms with Gasteiger partial charge in [-0.1, -0.05) is 106 Å². The Bertz CT molecular complexity index is 5290. The number of carbonyl (C=O) groups excluding carboxylic acids is 3. The lowest BCUT2D eigenvalue weighted by atomic mass is 10.1. The van der Waals surface area contributed by atoms with E-state index in [9.17, 15) is 18.8 Å². The minimum absolute atomic E-state index is 0.0863. The summed E-state index contributed by atoms with van der Waals surface area (Å²) in [6.45, 7) is 18.0. The second-order valence-corrected chi connectivity index (χ2v) is 33.0. The molecule has 3 fully saturated rings. The minimum Gasteiger partial charge on any atom is -0.444 e. The number of aromatic nitrogens is 14. The highest BCUT2D eigenvalue weighted by Crippen LogP contribution is 2.29. The number of likely N-dealkylation sites (tertiary alicyclic amines) is 3. The van der Waals surface area contributed by atoms with E-state index in [1.54, 1.807) is 39.4 Å². The van der Waals surface area contributed by atoms with E-state index >= 15 is 0 Å². The van der Waals surface area contributed by atoms with Crippen molar-refractivity contribution >= 4 is 183 Å². The third-order valence-electron chi connectivity index (χ3n) is 17.5. The summed E-state index contributed by atoms with van der Waals surface area (Å²) in [4.78, 5) is 83.1. The first kappa shape index (κ1) is 82.7. The van der Waals surface area contributed by atoms with E-state index in [0.29, 0.717) is 78.5 Å². The number of nitrogens with zero attached hydrogens (tertiary/aromatic N) is 16. The van der Waals surface area contributed by atoms with Crippen molar-refractivity contribution in [3.63, 3.8) is 0 Å². The molecule has 27 nitrogen and oxygen atoms in total. The summed E-state index contributed by atoms with van der Waals surface area (Å²) in [5.74, 6) is 2.82. The van der Waals surface area contributed by atoms with E-state index in [1.165, 1.54) is 12.1 Å². The number of anilines is 4. The van der Waals surface area contributed by atoms with Crippen molar-refractivity contribution in [2.75, 3.05) is 80.6 Å². The highest BCUT2D eigenvalue weighted by Gasteiger charge is 2.32. The minimum atomic E-state index is -0.496. The molecular weight excluding hydrogens is 1800 g/mol. The smallest absolute Gasteiger partial charge is 0.410 e. The first-order valence-electron chi connectivity index (χ1n) is 35.7. The molecular formula is C79H80Br4FIN22O5. The maximum atomic E-state index is 12.6. The van der Waals surface area contributed by atoms with Crippen LogP contribution in [0.1, 0.15) is 71.2 Å². The number of halogens is 6. The van der Waals surface area contributed by atoms with E-state index in [0.717, 1.165) is 146 Å². The summed E-state index contributed by atoms with van der Waals surface area (Å²) < 4.78 is 27.9. The molecule has 578 valence electrons. The quantitative estimate of drug-likeness (QED) is 0.0286. The van der Waals surface area contributed by atoms with Crippen LogP contribution >= 0.6 is 86.3 Å². The summed E-state index contributed by atoms with van der Waals surface area (Å²) in [5.41, 5.74) is 13.3. The Morgan fingerprint density at radius 2 is 0.911 bits per heavy atom. The Morgan fingerprint density at radius 1 is 0.527 bits per heavy atom. The van der Waals surface area contributed by atoms with E-state index in [2.05, 4.69) is 179 Å². The normalized spacial score (nSPS) is 15.1. The van der Waals surface area contributed by atoms with Crippen LogP contribution < -0.4 is 21.7 Å². The van der Waals surface area contributed by atoms with Gasteiger partial charge in [-0.25, -0.2) is 63.8 Å². The van der Waals surface area contributed by atoms with Crippen molar-refractivity contribution in [2.24, 2.45) is 17.8 Å². The fraction of sp³-hybridized carbons (Fsp3) is 0.291. The Morgan fingerprint density at radius 3 is 1.32 bits per heavy atom. The Balaban J connectivity index is 0.000000138. The van der Waals surface area contributed by atoms with Gasteiger partial charge in [0.25, 0.3) is 0 Å². The van der Waals surface area contributed by atoms with Gasteiger partial charge in [-0.15, -0.1) is 0 Å². The SMILES string of the molecule is Brc1ccc2cnc(I)nc2c1.CC(C)(C)OC(=O)N1CC[C@H](CNc2ncc3ccc(-c4cn[nH]c4)cc3n2)C1.CC(C)(C)OC(=O)N1CC[C@H](CNc2ncc3ccc(Br)cc3n2)C1.N#CN1CC[C@H](CNc2ncc3ccc(-c4cn[nH]c4)cc3n2)C1.Nc1ncc2ccc(Br)cc2n1.O=Cc1ccc(Br)cc1F. The number of hydrogen-bond acceptors (Lipinski definition) is 23.